The number of hydrogen-bond donors (Lipinski definition) is 1. The molecule has 0 unspecified atom stereocenters. The van der Waals surface area contributed by atoms with Crippen molar-refractivity contribution in [1.29, 1.82) is 0 Å². The van der Waals surface area contributed by atoms with Crippen LogP contribution in [0.25, 0.3) is 11.1 Å². The quantitative estimate of drug-likeness (QED) is 0.447. The van der Waals surface area contributed by atoms with Gasteiger partial charge in [-0.05, 0) is 66.8 Å². The summed E-state index contributed by atoms with van der Waals surface area (Å²) in [5.41, 5.74) is 7.25. The molecular weight excluding hydrogens is 466 g/mol. The Morgan fingerprint density at radius 3 is 2.52 bits per heavy atom. The van der Waals surface area contributed by atoms with E-state index in [-0.39, 0.29) is 10.6 Å². The number of benzene rings is 3. The summed E-state index contributed by atoms with van der Waals surface area (Å²) in [5.74, 6) is -0.974. The summed E-state index contributed by atoms with van der Waals surface area (Å²) in [4.78, 5) is 26.0. The Morgan fingerprint density at radius 2 is 1.85 bits per heavy atom. The Morgan fingerprint density at radius 1 is 1.09 bits per heavy atom. The number of carbonyl (C=O) groups excluding carboxylic acids is 2. The van der Waals surface area contributed by atoms with Gasteiger partial charge in [-0.15, -0.1) is 0 Å². The summed E-state index contributed by atoms with van der Waals surface area (Å²) in [5, 5.41) is 0.461. The molecule has 0 saturated heterocycles. The van der Waals surface area contributed by atoms with Gasteiger partial charge in [0.05, 0.1) is 22.9 Å². The second kappa shape index (κ2) is 9.41. The van der Waals surface area contributed by atoms with Gasteiger partial charge in [0.25, 0.3) is 5.91 Å². The fourth-order valence-corrected chi connectivity index (χ4v) is 3.92. The number of hydrogen-bond acceptors (Lipinski definition) is 3. The molecule has 3 aromatic carbocycles. The second-order valence-corrected chi connectivity index (χ2v) is 8.77. The van der Waals surface area contributed by atoms with E-state index in [1.54, 1.807) is 36.4 Å². The summed E-state index contributed by atoms with van der Waals surface area (Å²) >= 11 is 12.5. The van der Waals surface area contributed by atoms with Gasteiger partial charge in [0.1, 0.15) is 11.6 Å². The minimum atomic E-state index is -0.702. The van der Waals surface area contributed by atoms with E-state index in [1.807, 2.05) is 0 Å². The molecule has 2 N–H and O–H groups in total. The summed E-state index contributed by atoms with van der Waals surface area (Å²) in [6, 6.07) is 14.0. The van der Waals surface area contributed by atoms with Crippen LogP contribution in [0.15, 0.2) is 54.6 Å². The molecule has 0 bridgehead atoms. The van der Waals surface area contributed by atoms with Crippen LogP contribution in [0.3, 0.4) is 0 Å². The molecule has 3 aromatic rings. The Labute approximate surface area is 200 Å². The summed E-state index contributed by atoms with van der Waals surface area (Å²) in [6.45, 7) is 0.494. The van der Waals surface area contributed by atoms with Crippen molar-refractivity contribution in [3.63, 3.8) is 0 Å². The first kappa shape index (κ1) is 23.1. The van der Waals surface area contributed by atoms with E-state index in [9.17, 15) is 14.0 Å². The summed E-state index contributed by atoms with van der Waals surface area (Å²) in [7, 11) is 1.53. The lowest BCUT2D eigenvalue weighted by Gasteiger charge is -2.22. The highest BCUT2D eigenvalue weighted by molar-refractivity contribution is 6.34. The fourth-order valence-electron chi connectivity index (χ4n) is 3.45. The van der Waals surface area contributed by atoms with Gasteiger partial charge in [0, 0.05) is 23.2 Å². The van der Waals surface area contributed by atoms with Crippen LogP contribution in [0.4, 0.5) is 10.1 Å². The van der Waals surface area contributed by atoms with Crippen molar-refractivity contribution in [2.24, 2.45) is 11.7 Å². The van der Waals surface area contributed by atoms with Crippen LogP contribution in [0.2, 0.25) is 10.0 Å². The third kappa shape index (κ3) is 4.97. The number of anilines is 1. The van der Waals surface area contributed by atoms with Crippen LogP contribution in [0, 0.1) is 11.7 Å². The van der Waals surface area contributed by atoms with Gasteiger partial charge in [0.2, 0.25) is 5.91 Å². The van der Waals surface area contributed by atoms with Crippen LogP contribution in [0.5, 0.6) is 5.75 Å². The molecule has 33 heavy (non-hydrogen) atoms. The molecule has 1 saturated carbocycles. The molecule has 4 rings (SSSR count). The molecule has 0 heterocycles. The van der Waals surface area contributed by atoms with Gasteiger partial charge in [-0.1, -0.05) is 35.3 Å². The van der Waals surface area contributed by atoms with Gasteiger partial charge < -0.3 is 15.4 Å². The number of primary amides is 1. The largest absolute Gasteiger partial charge is 0.491 e. The normalized spacial score (nSPS) is 13.0. The number of carbonyl (C=O) groups is 2. The zero-order valence-electron chi connectivity index (χ0n) is 17.8. The van der Waals surface area contributed by atoms with Crippen molar-refractivity contribution in [3.8, 4) is 16.9 Å². The molecule has 0 spiro atoms. The first-order valence-electron chi connectivity index (χ1n) is 10.3. The molecule has 170 valence electrons. The number of halogens is 3. The Hall–Kier alpha value is -3.09. The predicted octanol–water partition coefficient (Wildman–Crippen LogP) is 5.96. The minimum absolute atomic E-state index is 0.0268. The number of amides is 2. The van der Waals surface area contributed by atoms with Crippen molar-refractivity contribution in [1.82, 2.24) is 0 Å². The molecule has 0 aromatic heterocycles. The van der Waals surface area contributed by atoms with E-state index in [1.165, 1.54) is 30.1 Å². The van der Waals surface area contributed by atoms with Crippen molar-refractivity contribution in [3.05, 3.63) is 81.6 Å². The van der Waals surface area contributed by atoms with Crippen LogP contribution in [-0.2, 0) is 0 Å². The van der Waals surface area contributed by atoms with E-state index in [0.717, 1.165) is 12.8 Å². The van der Waals surface area contributed by atoms with Crippen LogP contribution < -0.4 is 15.4 Å². The molecule has 5 nitrogen and oxygen atoms in total. The zero-order valence-corrected chi connectivity index (χ0v) is 19.3. The van der Waals surface area contributed by atoms with Crippen molar-refractivity contribution < 1.29 is 18.7 Å². The van der Waals surface area contributed by atoms with Gasteiger partial charge in [0.15, 0.2) is 0 Å². The summed E-state index contributed by atoms with van der Waals surface area (Å²) < 4.78 is 20.4. The first-order chi connectivity index (χ1) is 15.8. The number of rotatable bonds is 7. The van der Waals surface area contributed by atoms with Crippen molar-refractivity contribution >= 4 is 40.7 Å². The molecular formula is C25H21Cl2FN2O3. The Bertz CT molecular complexity index is 1220. The molecule has 8 heteroatoms. The molecule has 0 radical (unpaired) electrons. The maximum absolute atomic E-state index is 14.4. The lowest BCUT2D eigenvalue weighted by Crippen LogP contribution is -2.28. The third-order valence-corrected chi connectivity index (χ3v) is 6.18. The van der Waals surface area contributed by atoms with Gasteiger partial charge in [-0.3, -0.25) is 9.59 Å². The predicted molar refractivity (Wildman–Crippen MR) is 128 cm³/mol. The molecule has 1 aliphatic carbocycles. The van der Waals surface area contributed by atoms with E-state index >= 15 is 0 Å². The minimum Gasteiger partial charge on any atom is -0.491 e. The highest BCUT2D eigenvalue weighted by atomic mass is 35.5. The molecule has 1 fully saturated rings. The zero-order chi connectivity index (χ0) is 23.7. The standard InChI is InChI=1S/C25H21Cl2FN2O3/c1-30(25(32)23-19(27)3-2-4-20(23)28)21-10-8-15(12-22(21)33-13-14-5-6-14)17-11-16(24(29)31)7-9-18(17)26/h2-4,7-12,14H,5-6,13H2,1H3,(H2,29,31). The molecule has 0 atom stereocenters. The highest BCUT2D eigenvalue weighted by Crippen LogP contribution is 2.38. The SMILES string of the molecule is CN(C(=O)c1c(F)cccc1Cl)c1ccc(-c2cc(C(N)=O)ccc2Cl)cc1OCC1CC1. The first-order valence-corrected chi connectivity index (χ1v) is 11.1. The van der Waals surface area contributed by atoms with Crippen LogP contribution in [-0.4, -0.2) is 25.5 Å². The van der Waals surface area contributed by atoms with Gasteiger partial charge in [-0.25, -0.2) is 4.39 Å². The third-order valence-electron chi connectivity index (χ3n) is 5.54. The van der Waals surface area contributed by atoms with Crippen LogP contribution in [0.1, 0.15) is 33.6 Å². The molecule has 1 aliphatic rings. The molecule has 0 aliphatic heterocycles. The van der Waals surface area contributed by atoms with Crippen LogP contribution >= 0.6 is 23.2 Å². The smallest absolute Gasteiger partial charge is 0.262 e. The highest BCUT2D eigenvalue weighted by Gasteiger charge is 2.26. The monoisotopic (exact) mass is 486 g/mol. The van der Waals surface area contributed by atoms with Crippen molar-refractivity contribution in [2.75, 3.05) is 18.6 Å². The topological polar surface area (TPSA) is 72.6 Å². The van der Waals surface area contributed by atoms with E-state index in [4.69, 9.17) is 33.7 Å². The number of nitrogens with zero attached hydrogens (tertiary/aromatic N) is 1. The maximum atomic E-state index is 14.4. The fraction of sp³-hybridized carbons (Fsp3) is 0.200. The van der Waals surface area contributed by atoms with Gasteiger partial charge >= 0.3 is 0 Å². The van der Waals surface area contributed by atoms with E-state index in [2.05, 4.69) is 0 Å². The van der Waals surface area contributed by atoms with Crippen molar-refractivity contribution in [2.45, 2.75) is 12.8 Å². The lowest BCUT2D eigenvalue weighted by molar-refractivity contribution is 0.0984. The lowest BCUT2D eigenvalue weighted by atomic mass is 10.0. The molecule has 2 amide bonds. The average Bonchev–Trinajstić information content (AvgIpc) is 3.61. The Kier molecular flexibility index (Phi) is 6.58. The number of ether oxygens (including phenoxy) is 1. The average molecular weight is 487 g/mol. The number of nitrogens with two attached hydrogens (primary N) is 1. The maximum Gasteiger partial charge on any atom is 0.262 e. The van der Waals surface area contributed by atoms with E-state index in [0.29, 0.717) is 45.7 Å². The Balaban J connectivity index is 1.75. The van der Waals surface area contributed by atoms with E-state index < -0.39 is 17.6 Å². The second-order valence-electron chi connectivity index (χ2n) is 7.96. The van der Waals surface area contributed by atoms with Gasteiger partial charge in [-0.2, -0.15) is 0 Å². The summed E-state index contributed by atoms with van der Waals surface area (Å²) in [6.07, 6.45) is 2.17.